The van der Waals surface area contributed by atoms with Crippen LogP contribution >= 0.6 is 0 Å². The van der Waals surface area contributed by atoms with Crippen LogP contribution in [0.4, 0.5) is 0 Å². The van der Waals surface area contributed by atoms with E-state index in [0.717, 1.165) is 23.7 Å². The number of hydrogen-bond acceptors (Lipinski definition) is 0. The van der Waals surface area contributed by atoms with Gasteiger partial charge in [0.2, 0.25) is 0 Å². The van der Waals surface area contributed by atoms with E-state index in [1.807, 2.05) is 0 Å². The third-order valence-electron chi connectivity index (χ3n) is 6.49. The Morgan fingerprint density at radius 1 is 0.583 bits per heavy atom. The van der Waals surface area contributed by atoms with E-state index in [-0.39, 0.29) is 0 Å². The summed E-state index contributed by atoms with van der Waals surface area (Å²) in [5.41, 5.74) is 0. The van der Waals surface area contributed by atoms with Crippen molar-refractivity contribution in [1.82, 2.24) is 0 Å². The zero-order valence-electron chi connectivity index (χ0n) is 16.5. The van der Waals surface area contributed by atoms with Crippen molar-refractivity contribution < 1.29 is 0 Å². The first-order valence-electron chi connectivity index (χ1n) is 11.1. The Hall–Kier alpha value is -0.520. The molecule has 0 aromatic carbocycles. The van der Waals surface area contributed by atoms with Gasteiger partial charge in [-0.1, -0.05) is 83.1 Å². The molecule has 0 bridgehead atoms. The second-order valence-electron chi connectivity index (χ2n) is 8.57. The Morgan fingerprint density at radius 3 is 1.58 bits per heavy atom. The van der Waals surface area contributed by atoms with Gasteiger partial charge in [-0.05, 0) is 68.6 Å². The average molecular weight is 331 g/mol. The first kappa shape index (κ1) is 19.8. The third kappa shape index (κ3) is 7.58. The fourth-order valence-electron chi connectivity index (χ4n) is 4.82. The smallest absolute Gasteiger partial charge is 0.0233 e. The lowest BCUT2D eigenvalue weighted by Crippen LogP contribution is -2.14. The maximum Gasteiger partial charge on any atom is -0.0233 e. The van der Waals surface area contributed by atoms with Gasteiger partial charge in [0.15, 0.2) is 0 Å². The molecule has 0 aromatic rings. The molecule has 2 aliphatic rings. The molecule has 0 saturated heterocycles. The van der Waals surface area contributed by atoms with Gasteiger partial charge in [-0.2, -0.15) is 0 Å². The highest BCUT2D eigenvalue weighted by Gasteiger charge is 2.20. The SMILES string of the molecule is CCC/C=C/C1CCC(/C=C/CCC2CCC(CCC)CC2)CC1. The Bertz CT molecular complexity index is 348. The summed E-state index contributed by atoms with van der Waals surface area (Å²) < 4.78 is 0. The molecule has 0 heterocycles. The maximum atomic E-state index is 2.56. The Balaban J connectivity index is 1.54. The Labute approximate surface area is 152 Å². The number of allylic oxidation sites excluding steroid dienone is 4. The molecule has 0 N–H and O–H groups in total. The van der Waals surface area contributed by atoms with Crippen LogP contribution in [0.2, 0.25) is 0 Å². The minimum atomic E-state index is 0.875. The largest absolute Gasteiger partial charge is 0.0883 e. The lowest BCUT2D eigenvalue weighted by atomic mass is 9.78. The summed E-state index contributed by atoms with van der Waals surface area (Å²) in [6, 6.07) is 0. The van der Waals surface area contributed by atoms with Crippen molar-refractivity contribution in [3.8, 4) is 0 Å². The molecule has 0 nitrogen and oxygen atoms in total. The van der Waals surface area contributed by atoms with Gasteiger partial charge in [-0.3, -0.25) is 0 Å². The summed E-state index contributed by atoms with van der Waals surface area (Å²) in [5.74, 6) is 3.84. The Morgan fingerprint density at radius 2 is 1.08 bits per heavy atom. The van der Waals surface area contributed by atoms with E-state index in [1.165, 1.54) is 89.9 Å². The minimum absolute atomic E-state index is 0.875. The van der Waals surface area contributed by atoms with E-state index in [4.69, 9.17) is 0 Å². The number of unbranched alkanes of at least 4 members (excludes halogenated alkanes) is 1. The van der Waals surface area contributed by atoms with Crippen LogP contribution in [0.25, 0.3) is 0 Å². The minimum Gasteiger partial charge on any atom is -0.0883 e. The summed E-state index contributed by atoms with van der Waals surface area (Å²) in [4.78, 5) is 0. The highest BCUT2D eigenvalue weighted by molar-refractivity contribution is 4.96. The van der Waals surface area contributed by atoms with Crippen molar-refractivity contribution in [3.05, 3.63) is 24.3 Å². The van der Waals surface area contributed by atoms with Crippen LogP contribution in [0.3, 0.4) is 0 Å². The topological polar surface area (TPSA) is 0 Å². The van der Waals surface area contributed by atoms with Crippen LogP contribution in [0, 0.1) is 23.7 Å². The zero-order valence-corrected chi connectivity index (χ0v) is 16.5. The van der Waals surface area contributed by atoms with Crippen LogP contribution in [0.5, 0.6) is 0 Å². The quantitative estimate of drug-likeness (QED) is 0.375. The molecule has 24 heavy (non-hydrogen) atoms. The first-order valence-corrected chi connectivity index (χ1v) is 11.1. The predicted octanol–water partition coefficient (Wildman–Crippen LogP) is 8.09. The lowest BCUT2D eigenvalue weighted by Gasteiger charge is -2.28. The van der Waals surface area contributed by atoms with E-state index in [0.29, 0.717) is 0 Å². The van der Waals surface area contributed by atoms with E-state index >= 15 is 0 Å². The van der Waals surface area contributed by atoms with Crippen LogP contribution in [0.1, 0.15) is 104 Å². The zero-order chi connectivity index (χ0) is 17.0. The van der Waals surface area contributed by atoms with Gasteiger partial charge < -0.3 is 0 Å². The first-order chi connectivity index (χ1) is 11.8. The molecule has 138 valence electrons. The second-order valence-corrected chi connectivity index (χ2v) is 8.57. The highest BCUT2D eigenvalue weighted by atomic mass is 14.3. The van der Waals surface area contributed by atoms with Crippen LogP contribution in [-0.4, -0.2) is 0 Å². The molecule has 0 heteroatoms. The van der Waals surface area contributed by atoms with Crippen LogP contribution in [0.15, 0.2) is 24.3 Å². The molecule has 2 rings (SSSR count). The van der Waals surface area contributed by atoms with Crippen molar-refractivity contribution in [1.29, 1.82) is 0 Å². The second kappa shape index (κ2) is 11.9. The maximum absolute atomic E-state index is 2.56. The van der Waals surface area contributed by atoms with Gasteiger partial charge in [-0.25, -0.2) is 0 Å². The van der Waals surface area contributed by atoms with Gasteiger partial charge >= 0.3 is 0 Å². The fourth-order valence-corrected chi connectivity index (χ4v) is 4.82. The van der Waals surface area contributed by atoms with E-state index in [1.54, 1.807) is 0 Å². The van der Waals surface area contributed by atoms with E-state index in [9.17, 15) is 0 Å². The fraction of sp³-hybridized carbons (Fsp3) is 0.833. The average Bonchev–Trinajstić information content (AvgIpc) is 2.62. The molecular weight excluding hydrogens is 288 g/mol. The van der Waals surface area contributed by atoms with Gasteiger partial charge in [-0.15, -0.1) is 0 Å². The normalized spacial score (nSPS) is 31.9. The standard InChI is InChI=1S/C24H42/c1-3-5-6-10-22-17-19-24(20-18-22)12-8-7-11-23-15-13-21(9-4-2)14-16-23/h6,8,10,12,21-24H,3-5,7,9,11,13-20H2,1-2H3/b10-6+,12-8+. The third-order valence-corrected chi connectivity index (χ3v) is 6.49. The Kier molecular flexibility index (Phi) is 9.85. The molecule has 0 amide bonds. The molecule has 0 atom stereocenters. The summed E-state index contributed by atoms with van der Waals surface area (Å²) in [6.45, 7) is 4.61. The van der Waals surface area contributed by atoms with E-state index < -0.39 is 0 Å². The van der Waals surface area contributed by atoms with Crippen molar-refractivity contribution in [2.24, 2.45) is 23.7 Å². The van der Waals surface area contributed by atoms with Gasteiger partial charge in [0.25, 0.3) is 0 Å². The molecule has 0 aliphatic heterocycles. The lowest BCUT2D eigenvalue weighted by molar-refractivity contribution is 0.253. The van der Waals surface area contributed by atoms with Crippen molar-refractivity contribution in [2.75, 3.05) is 0 Å². The van der Waals surface area contributed by atoms with Crippen molar-refractivity contribution >= 4 is 0 Å². The molecular formula is C24H42. The van der Waals surface area contributed by atoms with Crippen LogP contribution < -0.4 is 0 Å². The number of hydrogen-bond donors (Lipinski definition) is 0. The molecule has 0 radical (unpaired) electrons. The van der Waals surface area contributed by atoms with Crippen LogP contribution in [-0.2, 0) is 0 Å². The van der Waals surface area contributed by atoms with Gasteiger partial charge in [0, 0.05) is 0 Å². The monoisotopic (exact) mass is 330 g/mol. The van der Waals surface area contributed by atoms with Crippen molar-refractivity contribution in [3.63, 3.8) is 0 Å². The summed E-state index contributed by atoms with van der Waals surface area (Å²) in [5, 5.41) is 0. The highest BCUT2D eigenvalue weighted by Crippen LogP contribution is 2.34. The molecule has 0 spiro atoms. The molecule has 2 saturated carbocycles. The van der Waals surface area contributed by atoms with Crippen molar-refractivity contribution in [2.45, 2.75) is 104 Å². The summed E-state index contributed by atoms with van der Waals surface area (Å²) in [6.07, 6.45) is 29.9. The van der Waals surface area contributed by atoms with Gasteiger partial charge in [0.05, 0.1) is 0 Å². The van der Waals surface area contributed by atoms with E-state index in [2.05, 4.69) is 38.2 Å². The number of rotatable bonds is 9. The predicted molar refractivity (Wildman–Crippen MR) is 108 cm³/mol. The summed E-state index contributed by atoms with van der Waals surface area (Å²) >= 11 is 0. The summed E-state index contributed by atoms with van der Waals surface area (Å²) in [7, 11) is 0. The molecule has 0 unspecified atom stereocenters. The molecule has 0 aromatic heterocycles. The molecule has 2 aliphatic carbocycles. The van der Waals surface area contributed by atoms with Gasteiger partial charge in [0.1, 0.15) is 0 Å². The molecule has 2 fully saturated rings.